The van der Waals surface area contributed by atoms with Crippen LogP contribution in [-0.2, 0) is 6.42 Å². The molecular formula is C56H40N2O2. The first-order chi connectivity index (χ1) is 29.6. The summed E-state index contributed by atoms with van der Waals surface area (Å²) in [6.45, 7) is 4.28. The monoisotopic (exact) mass is 772 g/mol. The molecular weight excluding hydrogens is 733 g/mol. The first-order valence-corrected chi connectivity index (χ1v) is 20.8. The van der Waals surface area contributed by atoms with Gasteiger partial charge in [0.05, 0.1) is 11.4 Å². The van der Waals surface area contributed by atoms with Crippen LogP contribution >= 0.6 is 0 Å². The minimum absolute atomic E-state index is 0.889. The molecule has 0 radical (unpaired) electrons. The summed E-state index contributed by atoms with van der Waals surface area (Å²) in [5.74, 6) is 0. The molecule has 4 heteroatoms. The summed E-state index contributed by atoms with van der Waals surface area (Å²) in [4.78, 5) is 4.88. The van der Waals surface area contributed by atoms with Crippen molar-refractivity contribution in [2.24, 2.45) is 0 Å². The molecule has 9 aromatic carbocycles. The van der Waals surface area contributed by atoms with Gasteiger partial charge in [-0.15, -0.1) is 0 Å². The molecule has 2 heterocycles. The van der Waals surface area contributed by atoms with Gasteiger partial charge in [-0.1, -0.05) is 96.1 Å². The molecule has 12 rings (SSSR count). The zero-order valence-corrected chi connectivity index (χ0v) is 33.4. The van der Waals surface area contributed by atoms with E-state index in [1.807, 2.05) is 0 Å². The molecule has 2 aromatic heterocycles. The molecule has 0 atom stereocenters. The Labute approximate surface area is 347 Å². The number of para-hydroxylation sites is 2. The van der Waals surface area contributed by atoms with Crippen molar-refractivity contribution in [3.05, 3.63) is 198 Å². The Hall–Kier alpha value is -7.56. The summed E-state index contributed by atoms with van der Waals surface area (Å²) in [5.41, 5.74) is 15.4. The quantitative estimate of drug-likeness (QED) is 0.158. The summed E-state index contributed by atoms with van der Waals surface area (Å²) in [6, 6.07) is 61.5. The van der Waals surface area contributed by atoms with E-state index in [0.717, 1.165) is 85.2 Å². The van der Waals surface area contributed by atoms with Gasteiger partial charge in [-0.05, 0) is 151 Å². The zero-order valence-electron chi connectivity index (χ0n) is 33.4. The first-order valence-electron chi connectivity index (χ1n) is 20.8. The summed E-state index contributed by atoms with van der Waals surface area (Å²) in [6.07, 6.45) is 6.62. The molecule has 0 spiro atoms. The summed E-state index contributed by atoms with van der Waals surface area (Å²) in [5, 5.41) is 9.35. The van der Waals surface area contributed by atoms with Gasteiger partial charge >= 0.3 is 0 Å². The van der Waals surface area contributed by atoms with E-state index in [4.69, 9.17) is 8.83 Å². The van der Waals surface area contributed by atoms with E-state index in [0.29, 0.717) is 0 Å². The summed E-state index contributed by atoms with van der Waals surface area (Å²) >= 11 is 0. The second kappa shape index (κ2) is 13.5. The second-order valence-corrected chi connectivity index (χ2v) is 16.2. The van der Waals surface area contributed by atoms with Crippen LogP contribution in [0, 0.1) is 13.8 Å². The van der Waals surface area contributed by atoms with Crippen molar-refractivity contribution in [2.75, 3.05) is 9.80 Å². The second-order valence-electron chi connectivity index (χ2n) is 16.2. The smallest absolute Gasteiger partial charge is 0.135 e. The molecule has 11 aromatic rings. The van der Waals surface area contributed by atoms with Crippen molar-refractivity contribution in [3.8, 4) is 0 Å². The van der Waals surface area contributed by atoms with Crippen LogP contribution < -0.4 is 9.80 Å². The highest BCUT2D eigenvalue weighted by Crippen LogP contribution is 2.49. The molecule has 0 aliphatic heterocycles. The number of rotatable bonds is 6. The van der Waals surface area contributed by atoms with Gasteiger partial charge in [0.2, 0.25) is 0 Å². The van der Waals surface area contributed by atoms with Crippen molar-refractivity contribution in [1.29, 1.82) is 0 Å². The number of anilines is 6. The molecule has 60 heavy (non-hydrogen) atoms. The number of benzene rings is 9. The Kier molecular flexibility index (Phi) is 7.76. The maximum Gasteiger partial charge on any atom is 0.135 e. The van der Waals surface area contributed by atoms with Gasteiger partial charge in [0, 0.05) is 49.7 Å². The maximum atomic E-state index is 6.35. The lowest BCUT2D eigenvalue weighted by atomic mass is 9.87. The highest BCUT2D eigenvalue weighted by molar-refractivity contribution is 6.18. The van der Waals surface area contributed by atoms with Crippen LogP contribution in [0.25, 0.3) is 71.5 Å². The molecule has 0 saturated heterocycles. The molecule has 0 amide bonds. The van der Waals surface area contributed by atoms with Crippen LogP contribution in [0.5, 0.6) is 0 Å². The lowest BCUT2D eigenvalue weighted by Gasteiger charge is -2.32. The van der Waals surface area contributed by atoms with Crippen LogP contribution in [0.1, 0.15) is 28.7 Å². The van der Waals surface area contributed by atoms with Crippen LogP contribution in [-0.4, -0.2) is 0 Å². The molecule has 286 valence electrons. The lowest BCUT2D eigenvalue weighted by molar-refractivity contribution is 0.668. The summed E-state index contributed by atoms with van der Waals surface area (Å²) in [7, 11) is 0. The van der Waals surface area contributed by atoms with Gasteiger partial charge in [-0.3, -0.25) is 0 Å². The average molecular weight is 773 g/mol. The predicted molar refractivity (Wildman–Crippen MR) is 252 cm³/mol. The number of aryl methyl sites for hydroxylation is 2. The van der Waals surface area contributed by atoms with E-state index in [-0.39, 0.29) is 0 Å². The third-order valence-electron chi connectivity index (χ3n) is 12.4. The van der Waals surface area contributed by atoms with Crippen molar-refractivity contribution in [2.45, 2.75) is 26.7 Å². The summed E-state index contributed by atoms with van der Waals surface area (Å²) < 4.78 is 12.7. The Morgan fingerprint density at radius 3 is 1.45 bits per heavy atom. The van der Waals surface area contributed by atoms with Crippen LogP contribution in [0.15, 0.2) is 185 Å². The van der Waals surface area contributed by atoms with E-state index in [1.54, 1.807) is 0 Å². The predicted octanol–water partition coefficient (Wildman–Crippen LogP) is 16.3. The van der Waals surface area contributed by atoms with Crippen LogP contribution in [0.2, 0.25) is 0 Å². The Bertz CT molecular complexity index is 3520. The normalized spacial score (nSPS) is 12.6. The SMILES string of the molecule is Cc1ccc2oc3ccc(N(c4ccccc4)c4cc5c(cc(N(c6ccccc6)c6ccc7oc8ccc(C)cc8c7c6)c6ccccc65)c5c4CCC=C5)cc3c2c1. The third kappa shape index (κ3) is 5.45. The largest absolute Gasteiger partial charge is 0.456 e. The molecule has 0 fully saturated rings. The van der Waals surface area contributed by atoms with Crippen molar-refractivity contribution >= 4 is 106 Å². The Morgan fingerprint density at radius 2 is 0.867 bits per heavy atom. The zero-order chi connectivity index (χ0) is 39.9. The van der Waals surface area contributed by atoms with E-state index < -0.39 is 0 Å². The fourth-order valence-electron chi connectivity index (χ4n) is 9.59. The molecule has 0 unspecified atom stereocenters. The fourth-order valence-corrected chi connectivity index (χ4v) is 9.59. The number of nitrogens with zero attached hydrogens (tertiary/aromatic N) is 2. The molecule has 1 aliphatic rings. The van der Waals surface area contributed by atoms with E-state index in [9.17, 15) is 0 Å². The lowest BCUT2D eigenvalue weighted by Crippen LogP contribution is -2.14. The molecule has 1 aliphatic carbocycles. The molecule has 4 nitrogen and oxygen atoms in total. The van der Waals surface area contributed by atoms with Crippen molar-refractivity contribution < 1.29 is 8.83 Å². The van der Waals surface area contributed by atoms with Gasteiger partial charge < -0.3 is 18.6 Å². The van der Waals surface area contributed by atoms with Gasteiger partial charge in [-0.25, -0.2) is 0 Å². The minimum Gasteiger partial charge on any atom is -0.456 e. The Morgan fingerprint density at radius 1 is 0.383 bits per heavy atom. The van der Waals surface area contributed by atoms with Gasteiger partial charge in [0.1, 0.15) is 22.3 Å². The van der Waals surface area contributed by atoms with E-state index in [1.165, 1.54) is 49.5 Å². The van der Waals surface area contributed by atoms with Gasteiger partial charge in [-0.2, -0.15) is 0 Å². The minimum atomic E-state index is 0.889. The fraction of sp³-hybridized carbons (Fsp3) is 0.0714. The number of hydrogen-bond acceptors (Lipinski definition) is 4. The standard InChI is InChI=1S/C56H40N2O2/c1-35-21-25-53-47(29-35)49-31-39(23-27-55(49)59-53)57(37-13-5-3-6-14-37)51-33-45-42-18-10-12-20-44(42)52(34-46(45)41-17-9-11-19-43(41)51)58(38-15-7-4-8-16-38)40-24-28-56-50(32-40)48-30-36(2)22-26-54(48)60-56/h3-11,13-19,21-34H,12,20H2,1-2H3. The van der Waals surface area contributed by atoms with Crippen LogP contribution in [0.4, 0.5) is 34.1 Å². The molecule has 0 saturated carbocycles. The third-order valence-corrected chi connectivity index (χ3v) is 12.4. The topological polar surface area (TPSA) is 32.8 Å². The van der Waals surface area contributed by atoms with E-state index in [2.05, 4.69) is 206 Å². The van der Waals surface area contributed by atoms with Gasteiger partial charge in [0.25, 0.3) is 0 Å². The van der Waals surface area contributed by atoms with Crippen molar-refractivity contribution in [3.63, 3.8) is 0 Å². The Balaban J connectivity index is 1.12. The maximum absolute atomic E-state index is 6.35. The number of furan rings is 2. The highest BCUT2D eigenvalue weighted by Gasteiger charge is 2.26. The van der Waals surface area contributed by atoms with Crippen molar-refractivity contribution in [1.82, 2.24) is 0 Å². The number of allylic oxidation sites excluding steroid dienone is 1. The highest BCUT2D eigenvalue weighted by atomic mass is 16.3. The average Bonchev–Trinajstić information content (AvgIpc) is 3.84. The van der Waals surface area contributed by atoms with Crippen LogP contribution in [0.3, 0.4) is 0 Å². The first kappa shape index (κ1) is 34.5. The van der Waals surface area contributed by atoms with E-state index >= 15 is 0 Å². The van der Waals surface area contributed by atoms with Gasteiger partial charge in [0.15, 0.2) is 0 Å². The number of hydrogen-bond donors (Lipinski definition) is 0. The molecule has 0 N–H and O–H groups in total. The number of fused-ring (bicyclic) bond motifs is 11. The molecule has 0 bridgehead atoms.